The fourth-order valence-electron chi connectivity index (χ4n) is 3.52. The highest BCUT2D eigenvalue weighted by atomic mass is 19.1. The van der Waals surface area contributed by atoms with Gasteiger partial charge in [0, 0.05) is 18.2 Å². The fraction of sp³-hybridized carbons (Fsp3) is 0.261. The highest BCUT2D eigenvalue weighted by Gasteiger charge is 2.24. The van der Waals surface area contributed by atoms with Crippen LogP contribution < -0.4 is 10.1 Å². The average Bonchev–Trinajstić information content (AvgIpc) is 3.10. The van der Waals surface area contributed by atoms with E-state index in [0.717, 1.165) is 34.0 Å². The average molecular weight is 391 g/mol. The van der Waals surface area contributed by atoms with E-state index in [0.29, 0.717) is 18.5 Å². The maximum absolute atomic E-state index is 13.2. The van der Waals surface area contributed by atoms with Crippen LogP contribution in [0.15, 0.2) is 48.7 Å². The largest absolute Gasteiger partial charge is 0.488 e. The van der Waals surface area contributed by atoms with Crippen molar-refractivity contribution in [2.45, 2.75) is 32.8 Å². The Labute approximate surface area is 169 Å². The summed E-state index contributed by atoms with van der Waals surface area (Å²) in [7, 11) is 0. The number of ether oxygens (including phenoxy) is 1. The molecule has 1 aliphatic rings. The molecule has 4 rings (SSSR count). The summed E-state index contributed by atoms with van der Waals surface area (Å²) >= 11 is 0. The Kier molecular flexibility index (Phi) is 5.25. The number of carbonyl (C=O) groups excluding carboxylic acids is 1. The number of aromatic nitrogens is 2. The van der Waals surface area contributed by atoms with Crippen LogP contribution in [0.5, 0.6) is 5.75 Å². The molecule has 1 N–H and O–H groups in total. The van der Waals surface area contributed by atoms with E-state index >= 15 is 0 Å². The van der Waals surface area contributed by atoms with E-state index in [-0.39, 0.29) is 24.2 Å². The summed E-state index contributed by atoms with van der Waals surface area (Å²) in [5, 5.41) is 2.88. The molecule has 0 saturated heterocycles. The van der Waals surface area contributed by atoms with E-state index < -0.39 is 0 Å². The fourth-order valence-corrected chi connectivity index (χ4v) is 3.52. The molecule has 1 amide bonds. The number of benzene rings is 2. The van der Waals surface area contributed by atoms with Crippen molar-refractivity contribution in [3.05, 3.63) is 77.0 Å². The van der Waals surface area contributed by atoms with Crippen molar-refractivity contribution < 1.29 is 13.9 Å². The van der Waals surface area contributed by atoms with Crippen molar-refractivity contribution in [3.8, 4) is 17.0 Å². The van der Waals surface area contributed by atoms with E-state index in [1.807, 2.05) is 26.0 Å². The predicted octanol–water partition coefficient (Wildman–Crippen LogP) is 3.56. The molecule has 3 aromatic rings. The second kappa shape index (κ2) is 7.99. The quantitative estimate of drug-likeness (QED) is 0.722. The van der Waals surface area contributed by atoms with Gasteiger partial charge in [0.2, 0.25) is 5.91 Å². The van der Waals surface area contributed by atoms with Gasteiger partial charge >= 0.3 is 0 Å². The number of halogens is 1. The first-order chi connectivity index (χ1) is 14.0. The molecular weight excluding hydrogens is 369 g/mol. The summed E-state index contributed by atoms with van der Waals surface area (Å²) in [6.07, 6.45) is 2.49. The molecule has 6 heteroatoms. The Bertz CT molecular complexity index is 1070. The minimum atomic E-state index is -0.339. The molecule has 0 spiro atoms. The summed E-state index contributed by atoms with van der Waals surface area (Å²) in [6.45, 7) is 4.28. The molecule has 2 aromatic carbocycles. The summed E-state index contributed by atoms with van der Waals surface area (Å²) in [6, 6.07) is 12.1. The number of rotatable bonds is 5. The number of hydrogen-bond donors (Lipinski definition) is 1. The molecule has 0 aliphatic carbocycles. The van der Waals surface area contributed by atoms with Gasteiger partial charge in [0.25, 0.3) is 0 Å². The SMILES string of the molecule is Cc1cnc(C)c(-c2ccc3c(c2)C[C@@H](CNC(=O)Cc2cccc(F)c2)O3)n1. The molecule has 2 heterocycles. The van der Waals surface area contributed by atoms with Crippen LogP contribution in [-0.2, 0) is 17.6 Å². The van der Waals surface area contributed by atoms with Crippen LogP contribution >= 0.6 is 0 Å². The molecule has 29 heavy (non-hydrogen) atoms. The number of amides is 1. The van der Waals surface area contributed by atoms with E-state index in [4.69, 9.17) is 4.74 Å². The Morgan fingerprint density at radius 2 is 2.10 bits per heavy atom. The summed E-state index contributed by atoms with van der Waals surface area (Å²) in [5.41, 5.74) is 5.39. The third-order valence-corrected chi connectivity index (χ3v) is 4.93. The van der Waals surface area contributed by atoms with Gasteiger partial charge in [-0.15, -0.1) is 0 Å². The summed E-state index contributed by atoms with van der Waals surface area (Å²) < 4.78 is 19.2. The highest BCUT2D eigenvalue weighted by molar-refractivity contribution is 5.78. The van der Waals surface area contributed by atoms with Crippen LogP contribution in [0.3, 0.4) is 0 Å². The first kappa shape index (κ1) is 19.1. The lowest BCUT2D eigenvalue weighted by Gasteiger charge is -2.12. The molecule has 0 bridgehead atoms. The van der Waals surface area contributed by atoms with Crippen LogP contribution in [-0.4, -0.2) is 28.5 Å². The van der Waals surface area contributed by atoms with Crippen LogP contribution in [0.1, 0.15) is 22.5 Å². The van der Waals surface area contributed by atoms with E-state index in [9.17, 15) is 9.18 Å². The third-order valence-electron chi connectivity index (χ3n) is 4.93. The maximum atomic E-state index is 13.2. The Balaban J connectivity index is 1.38. The third kappa shape index (κ3) is 4.42. The zero-order valence-electron chi connectivity index (χ0n) is 16.4. The molecule has 5 nitrogen and oxygen atoms in total. The summed E-state index contributed by atoms with van der Waals surface area (Å²) in [5.74, 6) is 0.340. The van der Waals surface area contributed by atoms with Gasteiger partial charge in [0.15, 0.2) is 0 Å². The monoisotopic (exact) mass is 391 g/mol. The van der Waals surface area contributed by atoms with Crippen LogP contribution in [0.4, 0.5) is 4.39 Å². The zero-order chi connectivity index (χ0) is 20.4. The van der Waals surface area contributed by atoms with Crippen molar-refractivity contribution in [3.63, 3.8) is 0 Å². The van der Waals surface area contributed by atoms with E-state index in [1.165, 1.54) is 12.1 Å². The van der Waals surface area contributed by atoms with Gasteiger partial charge in [-0.3, -0.25) is 9.78 Å². The summed E-state index contributed by atoms with van der Waals surface area (Å²) in [4.78, 5) is 21.2. The van der Waals surface area contributed by atoms with Crippen molar-refractivity contribution in [1.82, 2.24) is 15.3 Å². The maximum Gasteiger partial charge on any atom is 0.224 e. The van der Waals surface area contributed by atoms with Gasteiger partial charge in [-0.1, -0.05) is 12.1 Å². The second-order valence-corrected chi connectivity index (χ2v) is 7.32. The number of carbonyl (C=O) groups is 1. The van der Waals surface area contributed by atoms with E-state index in [2.05, 4.69) is 21.4 Å². The minimum Gasteiger partial charge on any atom is -0.488 e. The molecule has 0 fully saturated rings. The van der Waals surface area contributed by atoms with Crippen molar-refractivity contribution >= 4 is 5.91 Å². The Morgan fingerprint density at radius 3 is 2.93 bits per heavy atom. The first-order valence-electron chi connectivity index (χ1n) is 9.59. The van der Waals surface area contributed by atoms with Gasteiger partial charge < -0.3 is 10.1 Å². The molecule has 0 unspecified atom stereocenters. The Morgan fingerprint density at radius 1 is 1.24 bits per heavy atom. The van der Waals surface area contributed by atoms with Crippen LogP contribution in [0, 0.1) is 19.7 Å². The predicted molar refractivity (Wildman–Crippen MR) is 108 cm³/mol. The van der Waals surface area contributed by atoms with Gasteiger partial charge in [-0.25, -0.2) is 9.37 Å². The van der Waals surface area contributed by atoms with Gasteiger partial charge in [-0.05, 0) is 55.3 Å². The topological polar surface area (TPSA) is 64.1 Å². The van der Waals surface area contributed by atoms with Crippen LogP contribution in [0.2, 0.25) is 0 Å². The Hall–Kier alpha value is -3.28. The number of aryl methyl sites for hydroxylation is 2. The van der Waals surface area contributed by atoms with Gasteiger partial charge in [0.05, 0.1) is 30.0 Å². The van der Waals surface area contributed by atoms with E-state index in [1.54, 1.807) is 18.3 Å². The minimum absolute atomic E-state index is 0.124. The molecule has 0 saturated carbocycles. The smallest absolute Gasteiger partial charge is 0.224 e. The van der Waals surface area contributed by atoms with Crippen molar-refractivity contribution in [2.24, 2.45) is 0 Å². The number of fused-ring (bicyclic) bond motifs is 1. The number of nitrogens with one attached hydrogen (secondary N) is 1. The molecule has 1 aliphatic heterocycles. The lowest BCUT2D eigenvalue weighted by molar-refractivity contribution is -0.120. The first-order valence-corrected chi connectivity index (χ1v) is 9.59. The van der Waals surface area contributed by atoms with Crippen molar-refractivity contribution in [1.29, 1.82) is 0 Å². The van der Waals surface area contributed by atoms with Gasteiger partial charge in [-0.2, -0.15) is 0 Å². The molecule has 0 radical (unpaired) electrons. The molecule has 148 valence electrons. The standard InChI is InChI=1S/C23H22FN3O2/c1-14-12-25-15(2)23(27-14)17-6-7-21-18(10-17)11-20(29-21)13-26-22(28)9-16-4-3-5-19(24)8-16/h3-8,10,12,20H,9,11,13H2,1-2H3,(H,26,28)/t20-/m0/s1. The van der Waals surface area contributed by atoms with Crippen molar-refractivity contribution in [2.75, 3.05) is 6.54 Å². The highest BCUT2D eigenvalue weighted by Crippen LogP contribution is 2.33. The lowest BCUT2D eigenvalue weighted by atomic mass is 10.0. The molecule has 1 atom stereocenters. The van der Waals surface area contributed by atoms with Gasteiger partial charge in [0.1, 0.15) is 17.7 Å². The molecular formula is C23H22FN3O2. The normalized spacial score (nSPS) is 14.9. The number of hydrogen-bond acceptors (Lipinski definition) is 4. The number of nitrogens with zero attached hydrogens (tertiary/aromatic N) is 2. The molecule has 1 aromatic heterocycles. The van der Waals surface area contributed by atoms with Crippen LogP contribution in [0.25, 0.3) is 11.3 Å². The zero-order valence-corrected chi connectivity index (χ0v) is 16.4. The second-order valence-electron chi connectivity index (χ2n) is 7.32. The lowest BCUT2D eigenvalue weighted by Crippen LogP contribution is -2.35.